The van der Waals surface area contributed by atoms with Crippen molar-refractivity contribution in [3.8, 4) is 0 Å². The van der Waals surface area contributed by atoms with Gasteiger partial charge in [0.1, 0.15) is 0 Å². The first kappa shape index (κ1) is 18.6. The molecule has 1 saturated heterocycles. The van der Waals surface area contributed by atoms with Crippen LogP contribution in [0.5, 0.6) is 0 Å². The van der Waals surface area contributed by atoms with Crippen molar-refractivity contribution in [1.82, 2.24) is 4.31 Å². The quantitative estimate of drug-likeness (QED) is 0.737. The SMILES string of the molecule is C=C1CN(S(=O)(=O)c2ccc(C)cc2)C(C)(C)C1C(=C)c1ccccc1. The Morgan fingerprint density at radius 2 is 1.65 bits per heavy atom. The fraction of sp³-hybridized carbons (Fsp3) is 0.273. The highest BCUT2D eigenvalue weighted by Gasteiger charge is 2.50. The highest BCUT2D eigenvalue weighted by atomic mass is 32.2. The molecule has 1 atom stereocenters. The first-order chi connectivity index (χ1) is 12.2. The number of sulfonamides is 1. The predicted molar refractivity (Wildman–Crippen MR) is 107 cm³/mol. The Morgan fingerprint density at radius 1 is 1.08 bits per heavy atom. The van der Waals surface area contributed by atoms with Gasteiger partial charge in [-0.15, -0.1) is 0 Å². The van der Waals surface area contributed by atoms with Crippen molar-refractivity contribution >= 4 is 15.6 Å². The van der Waals surface area contributed by atoms with Gasteiger partial charge in [-0.3, -0.25) is 0 Å². The molecule has 3 rings (SSSR count). The Bertz CT molecular complexity index is 941. The molecule has 2 aromatic rings. The predicted octanol–water partition coefficient (Wildman–Crippen LogP) is 4.66. The van der Waals surface area contributed by atoms with Crippen molar-refractivity contribution < 1.29 is 8.42 Å². The number of aryl methyl sites for hydroxylation is 1. The highest BCUT2D eigenvalue weighted by molar-refractivity contribution is 7.89. The fourth-order valence-electron chi connectivity index (χ4n) is 3.85. The first-order valence-corrected chi connectivity index (χ1v) is 10.1. The summed E-state index contributed by atoms with van der Waals surface area (Å²) in [4.78, 5) is 0.315. The van der Waals surface area contributed by atoms with Crippen molar-refractivity contribution in [3.05, 3.63) is 84.5 Å². The second-order valence-electron chi connectivity index (χ2n) is 7.46. The summed E-state index contributed by atoms with van der Waals surface area (Å²) in [6.07, 6.45) is 0. The number of nitrogens with zero attached hydrogens (tertiary/aromatic N) is 1. The third-order valence-electron chi connectivity index (χ3n) is 5.21. The molecule has 1 fully saturated rings. The molecule has 0 saturated carbocycles. The summed E-state index contributed by atoms with van der Waals surface area (Å²) in [7, 11) is -3.61. The third-order valence-corrected chi connectivity index (χ3v) is 7.25. The summed E-state index contributed by atoms with van der Waals surface area (Å²) in [6, 6.07) is 16.9. The van der Waals surface area contributed by atoms with Gasteiger partial charge in [0.25, 0.3) is 0 Å². The van der Waals surface area contributed by atoms with Gasteiger partial charge < -0.3 is 0 Å². The minimum atomic E-state index is -3.61. The standard InChI is InChI=1S/C22H25NO2S/c1-16-11-13-20(14-12-16)26(24,25)23-15-17(2)21(22(23,4)5)18(3)19-9-7-6-8-10-19/h6-14,21H,2-3,15H2,1,4-5H3. The molecule has 1 aliphatic heterocycles. The normalized spacial score (nSPS) is 20.3. The summed E-state index contributed by atoms with van der Waals surface area (Å²) >= 11 is 0. The third kappa shape index (κ3) is 3.04. The van der Waals surface area contributed by atoms with Crippen LogP contribution < -0.4 is 0 Å². The molecule has 0 aromatic heterocycles. The Balaban J connectivity index is 2.00. The number of hydrogen-bond donors (Lipinski definition) is 0. The van der Waals surface area contributed by atoms with Crippen LogP contribution in [0.2, 0.25) is 0 Å². The Morgan fingerprint density at radius 3 is 2.23 bits per heavy atom. The van der Waals surface area contributed by atoms with E-state index in [0.29, 0.717) is 11.4 Å². The Hall–Kier alpha value is -2.17. The first-order valence-electron chi connectivity index (χ1n) is 8.67. The molecular formula is C22H25NO2S. The maximum Gasteiger partial charge on any atom is 0.243 e. The highest BCUT2D eigenvalue weighted by Crippen LogP contribution is 2.46. The van der Waals surface area contributed by atoms with Crippen LogP contribution in [-0.2, 0) is 10.0 Å². The topological polar surface area (TPSA) is 37.4 Å². The smallest absolute Gasteiger partial charge is 0.207 e. The molecule has 1 aliphatic rings. The van der Waals surface area contributed by atoms with E-state index in [-0.39, 0.29) is 5.92 Å². The molecule has 136 valence electrons. The van der Waals surface area contributed by atoms with Crippen LogP contribution in [0.15, 0.2) is 78.2 Å². The number of benzene rings is 2. The van der Waals surface area contributed by atoms with E-state index in [9.17, 15) is 8.42 Å². The molecule has 0 aliphatic carbocycles. The second kappa shape index (κ2) is 6.53. The van der Waals surface area contributed by atoms with Crippen LogP contribution in [0, 0.1) is 12.8 Å². The molecule has 0 spiro atoms. The van der Waals surface area contributed by atoms with Crippen molar-refractivity contribution in [3.63, 3.8) is 0 Å². The number of rotatable bonds is 4. The Labute approximate surface area is 156 Å². The van der Waals surface area contributed by atoms with E-state index >= 15 is 0 Å². The zero-order valence-electron chi connectivity index (χ0n) is 15.6. The van der Waals surface area contributed by atoms with Crippen molar-refractivity contribution in [2.24, 2.45) is 5.92 Å². The van der Waals surface area contributed by atoms with E-state index in [1.54, 1.807) is 16.4 Å². The second-order valence-corrected chi connectivity index (χ2v) is 9.32. The average Bonchev–Trinajstić information content (AvgIpc) is 2.85. The van der Waals surface area contributed by atoms with Crippen molar-refractivity contribution in [1.29, 1.82) is 0 Å². The lowest BCUT2D eigenvalue weighted by molar-refractivity contribution is 0.264. The lowest BCUT2D eigenvalue weighted by Gasteiger charge is -2.36. The molecule has 2 aromatic carbocycles. The van der Waals surface area contributed by atoms with Gasteiger partial charge in [0.2, 0.25) is 10.0 Å². The van der Waals surface area contributed by atoms with Gasteiger partial charge in [-0.2, -0.15) is 4.31 Å². The number of hydrogen-bond acceptors (Lipinski definition) is 2. The minimum Gasteiger partial charge on any atom is -0.207 e. The Kier molecular flexibility index (Phi) is 4.67. The van der Waals surface area contributed by atoms with E-state index in [1.807, 2.05) is 63.2 Å². The molecule has 0 bridgehead atoms. The van der Waals surface area contributed by atoms with Crippen LogP contribution in [-0.4, -0.2) is 24.8 Å². The van der Waals surface area contributed by atoms with Gasteiger partial charge in [0.05, 0.1) is 4.90 Å². The summed E-state index contributed by atoms with van der Waals surface area (Å²) in [5.74, 6) is -0.134. The van der Waals surface area contributed by atoms with Crippen molar-refractivity contribution in [2.75, 3.05) is 6.54 Å². The van der Waals surface area contributed by atoms with Gasteiger partial charge in [-0.1, -0.05) is 66.8 Å². The molecule has 0 amide bonds. The lowest BCUT2D eigenvalue weighted by Crippen LogP contribution is -2.46. The summed E-state index contributed by atoms with van der Waals surface area (Å²) in [6.45, 7) is 14.6. The largest absolute Gasteiger partial charge is 0.243 e. The van der Waals surface area contributed by atoms with Gasteiger partial charge in [0, 0.05) is 18.0 Å². The maximum absolute atomic E-state index is 13.3. The van der Waals surface area contributed by atoms with Crippen molar-refractivity contribution in [2.45, 2.75) is 31.2 Å². The molecule has 3 nitrogen and oxygen atoms in total. The zero-order valence-corrected chi connectivity index (χ0v) is 16.4. The zero-order chi connectivity index (χ0) is 19.1. The fourth-order valence-corrected chi connectivity index (χ4v) is 5.64. The molecular weight excluding hydrogens is 342 g/mol. The molecule has 4 heteroatoms. The van der Waals surface area contributed by atoms with Crippen LogP contribution >= 0.6 is 0 Å². The molecule has 26 heavy (non-hydrogen) atoms. The summed E-state index contributed by atoms with van der Waals surface area (Å²) in [5, 5.41) is 0. The van der Waals surface area contributed by atoms with Gasteiger partial charge in [0.15, 0.2) is 0 Å². The van der Waals surface area contributed by atoms with E-state index < -0.39 is 15.6 Å². The van der Waals surface area contributed by atoms with Gasteiger partial charge in [-0.05, 0) is 44.0 Å². The van der Waals surface area contributed by atoms with E-state index in [1.165, 1.54) is 0 Å². The molecule has 0 N–H and O–H groups in total. The van der Waals surface area contributed by atoms with Crippen LogP contribution in [0.4, 0.5) is 0 Å². The van der Waals surface area contributed by atoms with Gasteiger partial charge in [-0.25, -0.2) is 8.42 Å². The van der Waals surface area contributed by atoms with Crippen LogP contribution in [0.1, 0.15) is 25.0 Å². The molecule has 1 unspecified atom stereocenters. The van der Waals surface area contributed by atoms with E-state index in [2.05, 4.69) is 13.2 Å². The average molecular weight is 368 g/mol. The molecule has 0 radical (unpaired) electrons. The summed E-state index contributed by atoms with van der Waals surface area (Å²) in [5.41, 5.74) is 3.18. The lowest BCUT2D eigenvalue weighted by atomic mass is 9.79. The monoisotopic (exact) mass is 367 g/mol. The molecule has 1 heterocycles. The van der Waals surface area contributed by atoms with Crippen LogP contribution in [0.25, 0.3) is 5.57 Å². The van der Waals surface area contributed by atoms with E-state index in [4.69, 9.17) is 0 Å². The van der Waals surface area contributed by atoms with Crippen LogP contribution in [0.3, 0.4) is 0 Å². The van der Waals surface area contributed by atoms with Gasteiger partial charge >= 0.3 is 0 Å². The summed E-state index contributed by atoms with van der Waals surface area (Å²) < 4.78 is 28.1. The maximum atomic E-state index is 13.3. The minimum absolute atomic E-state index is 0.134. The van der Waals surface area contributed by atoms with E-state index in [0.717, 1.165) is 22.3 Å².